The Bertz CT molecular complexity index is 1820. The van der Waals surface area contributed by atoms with Gasteiger partial charge < -0.3 is 33.9 Å². The number of ether oxygens (including phenoxy) is 2. The fourth-order valence-electron chi connectivity index (χ4n) is 6.27. The summed E-state index contributed by atoms with van der Waals surface area (Å²) < 4.78 is 55.3. The number of nitrogens with one attached hydrogen (secondary N) is 1. The third kappa shape index (κ3) is 22.1. The zero-order chi connectivity index (χ0) is 47.1. The Balaban J connectivity index is 0.000000438. The summed E-state index contributed by atoms with van der Waals surface area (Å²) >= 11 is 8.27. The maximum Gasteiger partial charge on any atom is 0.492 e. The van der Waals surface area contributed by atoms with Gasteiger partial charge >= 0.3 is 25.5 Å². The zero-order valence-corrected chi connectivity index (χ0v) is 42.0. The van der Waals surface area contributed by atoms with Crippen LogP contribution < -0.4 is 5.32 Å². The lowest BCUT2D eigenvalue weighted by molar-refractivity contribution is -0.156. The van der Waals surface area contributed by atoms with Crippen LogP contribution >= 0.6 is 49.9 Å². The highest BCUT2D eigenvalue weighted by Gasteiger charge is 2.52. The lowest BCUT2D eigenvalue weighted by Gasteiger charge is -2.33. The molecule has 3 fully saturated rings. The van der Waals surface area contributed by atoms with E-state index in [1.165, 1.54) is 29.1 Å². The zero-order valence-electron chi connectivity index (χ0n) is 38.0. The van der Waals surface area contributed by atoms with Gasteiger partial charge in [-0.25, -0.2) is 9.59 Å². The molecular weight excluding hydrogens is 968 g/mol. The minimum Gasteiger partial charge on any atom is -0.444 e. The number of hydrogen-bond donors (Lipinski definition) is 1. The van der Waals surface area contributed by atoms with Crippen molar-refractivity contribution in [2.24, 2.45) is 0 Å². The molecule has 7 rings (SSSR count). The Morgan fingerprint density at radius 3 is 1.72 bits per heavy atom. The van der Waals surface area contributed by atoms with Gasteiger partial charge in [0, 0.05) is 66.7 Å². The first-order valence-corrected chi connectivity index (χ1v) is 24.3. The standard InChI is InChI=1S/C16H28BNO4.C13H20N2O2S.C8H12N2S.C3H2BrNS.C2HF3O.2CH4/c1-14(2,3)20-13(19)18-10-8-9-12(11-18)17-21-15(4,5)16(6,7)22-17;1-13(2,3)17-12(16)15-6-4-5-10(8-15)11-7-14-9-18-11;1-2-7(4-9-3-1)8-5-10-6-11-8;4-3-1-5-2-6-3;3-2(4,5)1-6;;/h9H,8,10-11H2,1-7H3;7,9-10H,4-6,8H2,1-3H3;5-7,9H,1-4H2;1-2H;1H;2*1H4. The molecular formula is C44H71BBrF3N6O7S3. The SMILES string of the molecule is Brc1cncs1.C.C.CC(C)(C)OC(=O)N1CCC=C(B2OC(C)(C)C(C)(C)O2)C1.CC(C)(C)OC(=O)N1CCCC(c2cncs2)C1.O=CC(F)(F)F.c1ncc(C2CCCNC2)s1. The first kappa shape index (κ1) is 60.1. The molecule has 2 amide bonds. The largest absolute Gasteiger partial charge is 0.492 e. The molecule has 0 aromatic carbocycles. The smallest absolute Gasteiger partial charge is 0.444 e. The fraction of sp³-hybridized carbons (Fsp3) is 0.682. The molecule has 2 atom stereocenters. The second-order valence-corrected chi connectivity index (χ2v) is 22.2. The van der Waals surface area contributed by atoms with E-state index < -0.39 is 30.8 Å². The van der Waals surface area contributed by atoms with E-state index in [-0.39, 0.29) is 38.2 Å². The predicted octanol–water partition coefficient (Wildman–Crippen LogP) is 12.0. The van der Waals surface area contributed by atoms with E-state index in [0.717, 1.165) is 54.1 Å². The molecule has 0 spiro atoms. The number of hydrogen-bond acceptors (Lipinski definition) is 14. The molecule has 4 aliphatic heterocycles. The van der Waals surface area contributed by atoms with E-state index in [1.807, 2.05) is 97.6 Å². The van der Waals surface area contributed by atoms with Gasteiger partial charge in [0.05, 0.1) is 37.7 Å². The molecule has 0 radical (unpaired) electrons. The van der Waals surface area contributed by atoms with Crippen molar-refractivity contribution in [2.75, 3.05) is 39.3 Å². The van der Waals surface area contributed by atoms with Crippen LogP contribution in [0.3, 0.4) is 0 Å². The molecule has 1 N–H and O–H groups in total. The first-order chi connectivity index (χ1) is 29.3. The van der Waals surface area contributed by atoms with Gasteiger partial charge in [-0.1, -0.05) is 20.9 Å². The molecule has 0 bridgehead atoms. The monoisotopic (exact) mass is 1040 g/mol. The molecule has 3 aromatic heterocycles. The topological polar surface area (TPSA) is 145 Å². The van der Waals surface area contributed by atoms with Crippen LogP contribution in [0.2, 0.25) is 0 Å². The summed E-state index contributed by atoms with van der Waals surface area (Å²) in [7, 11) is -0.393. The lowest BCUT2D eigenvalue weighted by Crippen LogP contribution is -2.42. The van der Waals surface area contributed by atoms with Gasteiger partial charge in [-0.3, -0.25) is 19.7 Å². The minimum atomic E-state index is -4.64. The van der Waals surface area contributed by atoms with Crippen molar-refractivity contribution in [2.45, 2.75) is 157 Å². The Morgan fingerprint density at radius 1 is 0.815 bits per heavy atom. The molecule has 2 unspecified atom stereocenters. The molecule has 3 aromatic rings. The summed E-state index contributed by atoms with van der Waals surface area (Å²) in [6.07, 6.45) is 7.20. The van der Waals surface area contributed by atoms with Gasteiger partial charge in [0.2, 0.25) is 6.29 Å². The van der Waals surface area contributed by atoms with Crippen LogP contribution in [-0.4, -0.2) is 118 Å². The Morgan fingerprint density at radius 2 is 1.31 bits per heavy atom. The van der Waals surface area contributed by atoms with Crippen LogP contribution in [0.5, 0.6) is 0 Å². The molecule has 368 valence electrons. The second-order valence-electron chi connectivity index (χ2n) is 18.1. The molecule has 65 heavy (non-hydrogen) atoms. The van der Waals surface area contributed by atoms with Crippen LogP contribution in [0.25, 0.3) is 0 Å². The summed E-state index contributed by atoms with van der Waals surface area (Å²) in [5, 5.41) is 3.40. The number of carbonyl (C=O) groups is 3. The van der Waals surface area contributed by atoms with Gasteiger partial charge in [-0.05, 0) is 129 Å². The van der Waals surface area contributed by atoms with E-state index in [1.54, 1.807) is 50.6 Å². The van der Waals surface area contributed by atoms with Crippen LogP contribution in [0, 0.1) is 0 Å². The Hall–Kier alpha value is -2.95. The summed E-state index contributed by atoms with van der Waals surface area (Å²) in [4.78, 5) is 51.2. The van der Waals surface area contributed by atoms with Crippen LogP contribution in [-0.2, 0) is 23.6 Å². The van der Waals surface area contributed by atoms with E-state index in [0.29, 0.717) is 19.0 Å². The van der Waals surface area contributed by atoms with Gasteiger partial charge in [-0.2, -0.15) is 13.2 Å². The summed E-state index contributed by atoms with van der Waals surface area (Å²) in [5.74, 6) is 1.15. The minimum absolute atomic E-state index is 0. The van der Waals surface area contributed by atoms with Gasteiger partial charge in [0.15, 0.2) is 0 Å². The molecule has 13 nitrogen and oxygen atoms in total. The van der Waals surface area contributed by atoms with E-state index in [4.69, 9.17) is 23.6 Å². The van der Waals surface area contributed by atoms with Crippen molar-refractivity contribution >= 4 is 75.5 Å². The third-order valence-electron chi connectivity index (χ3n) is 10.0. The van der Waals surface area contributed by atoms with Crippen molar-refractivity contribution in [1.82, 2.24) is 30.1 Å². The normalized spacial score (nSPS) is 20.1. The van der Waals surface area contributed by atoms with E-state index >= 15 is 0 Å². The Kier molecular flexibility index (Phi) is 25.1. The van der Waals surface area contributed by atoms with Crippen LogP contribution in [0.4, 0.5) is 22.8 Å². The van der Waals surface area contributed by atoms with Crippen LogP contribution in [0.15, 0.2) is 50.5 Å². The van der Waals surface area contributed by atoms with Crippen molar-refractivity contribution < 1.29 is 46.3 Å². The number of aldehydes is 1. The number of halogens is 4. The molecule has 7 heterocycles. The third-order valence-corrected chi connectivity index (χ3v) is 13.2. The average Bonchev–Trinajstić information content (AvgIpc) is 4.05. The maximum absolute atomic E-state index is 12.2. The highest BCUT2D eigenvalue weighted by molar-refractivity contribution is 9.11. The summed E-state index contributed by atoms with van der Waals surface area (Å²) in [6.45, 7) is 24.5. The molecule has 4 aliphatic rings. The summed E-state index contributed by atoms with van der Waals surface area (Å²) in [6, 6.07) is 0. The second kappa shape index (κ2) is 27.2. The molecule has 0 saturated carbocycles. The number of aromatic nitrogens is 3. The van der Waals surface area contributed by atoms with Crippen molar-refractivity contribution in [1.29, 1.82) is 0 Å². The number of amides is 2. The van der Waals surface area contributed by atoms with Crippen molar-refractivity contribution in [3.8, 4) is 0 Å². The van der Waals surface area contributed by atoms with Gasteiger partial charge in [-0.15, -0.1) is 34.0 Å². The van der Waals surface area contributed by atoms with Gasteiger partial charge in [0.25, 0.3) is 0 Å². The first-order valence-electron chi connectivity index (χ1n) is 20.8. The number of rotatable bonds is 3. The van der Waals surface area contributed by atoms with Gasteiger partial charge in [0.1, 0.15) is 11.2 Å². The number of alkyl halides is 3. The van der Waals surface area contributed by atoms with Crippen molar-refractivity contribution in [3.63, 3.8) is 0 Å². The highest BCUT2D eigenvalue weighted by atomic mass is 79.9. The molecule has 0 aliphatic carbocycles. The number of likely N-dealkylation sites (tertiary alicyclic amines) is 1. The van der Waals surface area contributed by atoms with E-state index in [2.05, 4.69) is 42.3 Å². The maximum atomic E-state index is 12.2. The number of thiazole rings is 3. The lowest BCUT2D eigenvalue weighted by atomic mass is 9.76. The van der Waals surface area contributed by atoms with Crippen molar-refractivity contribution in [3.05, 3.63) is 60.2 Å². The Labute approximate surface area is 405 Å². The average molecular weight is 1040 g/mol. The fourth-order valence-corrected chi connectivity index (χ4v) is 8.49. The highest BCUT2D eigenvalue weighted by Crippen LogP contribution is 2.39. The quantitative estimate of drug-likeness (QED) is 0.198. The van der Waals surface area contributed by atoms with E-state index in [9.17, 15) is 22.8 Å². The van der Waals surface area contributed by atoms with Crippen LogP contribution in [0.1, 0.15) is 138 Å². The molecule has 21 heteroatoms. The number of nitrogens with zero attached hydrogens (tertiary/aromatic N) is 5. The number of piperidine rings is 2. The predicted molar refractivity (Wildman–Crippen MR) is 261 cm³/mol. The summed E-state index contributed by atoms with van der Waals surface area (Å²) in [5.41, 5.74) is 4.91. The molecule has 3 saturated heterocycles. The number of carbonyl (C=O) groups excluding carboxylic acids is 3.